The third-order valence-corrected chi connectivity index (χ3v) is 8.01. The fraction of sp³-hybridized carbons (Fsp3) is 0.389. The van der Waals surface area contributed by atoms with Gasteiger partial charge in [-0.2, -0.15) is 0 Å². The van der Waals surface area contributed by atoms with Crippen LogP contribution in [0.1, 0.15) is 68.8 Å². The Balaban J connectivity index is 1.22. The van der Waals surface area contributed by atoms with Gasteiger partial charge in [0.25, 0.3) is 5.91 Å². The summed E-state index contributed by atoms with van der Waals surface area (Å²) >= 11 is 0. The number of nitrogens with zero attached hydrogens (tertiary/aromatic N) is 3. The Hall–Kier alpha value is -4.54. The van der Waals surface area contributed by atoms with Crippen molar-refractivity contribution in [3.8, 4) is 28.1 Å². The maximum atomic E-state index is 13.5. The second kappa shape index (κ2) is 13.4. The van der Waals surface area contributed by atoms with Crippen molar-refractivity contribution in [2.45, 2.75) is 77.4 Å². The van der Waals surface area contributed by atoms with Gasteiger partial charge in [-0.3, -0.25) is 9.78 Å². The van der Waals surface area contributed by atoms with E-state index in [4.69, 9.17) is 24.0 Å². The summed E-state index contributed by atoms with van der Waals surface area (Å²) in [6, 6.07) is 18.2. The summed E-state index contributed by atoms with van der Waals surface area (Å²) in [5, 5.41) is 0.553. The first kappa shape index (κ1) is 31.4. The van der Waals surface area contributed by atoms with Crippen molar-refractivity contribution in [2.75, 3.05) is 13.7 Å². The van der Waals surface area contributed by atoms with E-state index in [-0.39, 0.29) is 17.7 Å². The predicted octanol–water partition coefficient (Wildman–Crippen LogP) is 7.06. The van der Waals surface area contributed by atoms with Gasteiger partial charge in [-0.05, 0) is 69.2 Å². The minimum absolute atomic E-state index is 0.240. The van der Waals surface area contributed by atoms with Gasteiger partial charge in [0.1, 0.15) is 11.3 Å². The maximum Gasteiger partial charge on any atom is 0.410 e. The predicted molar refractivity (Wildman–Crippen MR) is 174 cm³/mol. The monoisotopic (exact) mass is 624 g/mol. The van der Waals surface area contributed by atoms with Gasteiger partial charge in [-0.15, -0.1) is 0 Å². The third kappa shape index (κ3) is 7.29. The van der Waals surface area contributed by atoms with E-state index in [9.17, 15) is 9.59 Å². The standard InChI is InChI=1S/C36H40N4O6/c1-36(2,3)45-35(42)40(27-16-17-27)22-23-8-10-24(11-9-23)25-12-14-26(15-13-25)32-33(43-4)31(28-21-37-19-18-29(28)38-32)34(41)39-46-30-7-5-6-20-44-30/h8-15,18-19,21,27,30H,5-7,16-17,20,22H2,1-4H3,(H,39,41). The van der Waals surface area contributed by atoms with Crippen LogP contribution < -0.4 is 10.2 Å². The summed E-state index contributed by atoms with van der Waals surface area (Å²) in [4.78, 5) is 42.8. The number of hydroxylamine groups is 1. The number of aromatic nitrogens is 2. The van der Waals surface area contributed by atoms with E-state index in [2.05, 4.69) is 34.7 Å². The molecule has 0 radical (unpaired) electrons. The Kier molecular flexibility index (Phi) is 9.19. The fourth-order valence-corrected chi connectivity index (χ4v) is 5.55. The number of hydrogen-bond donors (Lipinski definition) is 1. The van der Waals surface area contributed by atoms with Crippen LogP contribution in [0.4, 0.5) is 4.79 Å². The first-order valence-electron chi connectivity index (χ1n) is 15.8. The molecule has 2 aromatic carbocycles. The zero-order valence-corrected chi connectivity index (χ0v) is 26.7. The van der Waals surface area contributed by atoms with E-state index < -0.39 is 17.8 Å². The number of pyridine rings is 2. The molecule has 1 saturated carbocycles. The van der Waals surface area contributed by atoms with Crippen LogP contribution in [-0.4, -0.2) is 58.5 Å². The lowest BCUT2D eigenvalue weighted by Gasteiger charge is -2.27. The largest absolute Gasteiger partial charge is 0.494 e. The van der Waals surface area contributed by atoms with Gasteiger partial charge in [0.15, 0.2) is 12.0 Å². The number of carbonyl (C=O) groups is 2. The molecule has 2 aliphatic rings. The first-order valence-corrected chi connectivity index (χ1v) is 15.8. The molecule has 6 rings (SSSR count). The number of ether oxygens (including phenoxy) is 3. The molecule has 1 aliphatic carbocycles. The number of methoxy groups -OCH3 is 1. The van der Waals surface area contributed by atoms with Gasteiger partial charge in [0.2, 0.25) is 0 Å². The Morgan fingerprint density at radius 3 is 2.28 bits per heavy atom. The zero-order valence-electron chi connectivity index (χ0n) is 26.7. The summed E-state index contributed by atoms with van der Waals surface area (Å²) < 4.78 is 17.0. The molecular formula is C36H40N4O6. The molecule has 3 heterocycles. The third-order valence-electron chi connectivity index (χ3n) is 8.01. The van der Waals surface area contributed by atoms with Crippen molar-refractivity contribution < 1.29 is 28.6 Å². The molecule has 10 nitrogen and oxygen atoms in total. The number of carbonyl (C=O) groups excluding carboxylic acids is 2. The molecule has 240 valence electrons. The minimum Gasteiger partial charge on any atom is -0.494 e. The van der Waals surface area contributed by atoms with Crippen molar-refractivity contribution in [2.24, 2.45) is 0 Å². The lowest BCUT2D eigenvalue weighted by atomic mass is 9.99. The number of amides is 2. The van der Waals surface area contributed by atoms with Crippen LogP contribution in [0.5, 0.6) is 5.75 Å². The molecular weight excluding hydrogens is 584 g/mol. The molecule has 10 heteroatoms. The SMILES string of the molecule is COc1c(-c2ccc(-c3ccc(CN(C(=O)OC(C)(C)C)C4CC4)cc3)cc2)nc2ccncc2c1C(=O)NOC1CCCCO1. The van der Waals surface area contributed by atoms with Crippen molar-refractivity contribution in [3.63, 3.8) is 0 Å². The summed E-state index contributed by atoms with van der Waals surface area (Å²) in [5.74, 6) is -0.134. The van der Waals surface area contributed by atoms with Gasteiger partial charge in [0, 0.05) is 49.0 Å². The smallest absolute Gasteiger partial charge is 0.410 e. The van der Waals surface area contributed by atoms with E-state index >= 15 is 0 Å². The number of hydrogen-bond acceptors (Lipinski definition) is 8. The number of rotatable bonds is 9. The van der Waals surface area contributed by atoms with Gasteiger partial charge < -0.3 is 19.1 Å². The summed E-state index contributed by atoms with van der Waals surface area (Å²) in [5.41, 5.74) is 7.35. The highest BCUT2D eigenvalue weighted by atomic mass is 16.8. The number of benzene rings is 2. The van der Waals surface area contributed by atoms with Crippen LogP contribution in [0.25, 0.3) is 33.3 Å². The van der Waals surface area contributed by atoms with Crippen molar-refractivity contribution in [3.05, 3.63) is 78.1 Å². The summed E-state index contributed by atoms with van der Waals surface area (Å²) in [7, 11) is 1.52. The molecule has 2 aromatic heterocycles. The minimum atomic E-state index is -0.532. The average Bonchev–Trinajstić information content (AvgIpc) is 3.91. The van der Waals surface area contributed by atoms with E-state index in [1.165, 1.54) is 7.11 Å². The summed E-state index contributed by atoms with van der Waals surface area (Å²) in [6.07, 6.45) is 7.16. The van der Waals surface area contributed by atoms with Gasteiger partial charge in [0.05, 0.1) is 18.2 Å². The van der Waals surface area contributed by atoms with Crippen molar-refractivity contribution >= 4 is 22.9 Å². The van der Waals surface area contributed by atoms with E-state index in [1.807, 2.05) is 49.9 Å². The molecule has 1 unspecified atom stereocenters. The Morgan fingerprint density at radius 2 is 1.65 bits per heavy atom. The Morgan fingerprint density at radius 1 is 0.957 bits per heavy atom. The topological polar surface area (TPSA) is 112 Å². The van der Waals surface area contributed by atoms with E-state index in [1.54, 1.807) is 18.5 Å². The molecule has 1 aliphatic heterocycles. The highest BCUT2D eigenvalue weighted by molar-refractivity contribution is 6.09. The van der Waals surface area contributed by atoms with Gasteiger partial charge >= 0.3 is 6.09 Å². The fourth-order valence-electron chi connectivity index (χ4n) is 5.55. The lowest BCUT2D eigenvalue weighted by Crippen LogP contribution is -2.37. The van der Waals surface area contributed by atoms with E-state index in [0.717, 1.165) is 47.9 Å². The second-order valence-corrected chi connectivity index (χ2v) is 12.7. The number of fused-ring (bicyclic) bond motifs is 1. The summed E-state index contributed by atoms with van der Waals surface area (Å²) in [6.45, 7) is 6.77. The van der Waals surface area contributed by atoms with Crippen molar-refractivity contribution in [1.82, 2.24) is 20.3 Å². The zero-order chi connectivity index (χ0) is 32.3. The van der Waals surface area contributed by atoms with Crippen LogP contribution in [0.15, 0.2) is 67.0 Å². The van der Waals surface area contributed by atoms with Crippen LogP contribution in [0, 0.1) is 0 Å². The van der Waals surface area contributed by atoms with Crippen molar-refractivity contribution in [1.29, 1.82) is 0 Å². The number of nitrogens with one attached hydrogen (secondary N) is 1. The normalized spacial score (nSPS) is 16.6. The molecule has 1 atom stereocenters. The molecule has 4 aromatic rings. The van der Waals surface area contributed by atoms with Crippen LogP contribution in [-0.2, 0) is 20.9 Å². The van der Waals surface area contributed by atoms with Gasteiger partial charge in [-0.1, -0.05) is 48.5 Å². The second-order valence-electron chi connectivity index (χ2n) is 12.7. The molecule has 1 N–H and O–H groups in total. The Bertz CT molecular complexity index is 1690. The van der Waals surface area contributed by atoms with Crippen LogP contribution >= 0.6 is 0 Å². The maximum absolute atomic E-state index is 13.5. The molecule has 46 heavy (non-hydrogen) atoms. The molecule has 2 fully saturated rings. The lowest BCUT2D eigenvalue weighted by molar-refractivity contribution is -0.186. The average molecular weight is 625 g/mol. The van der Waals surface area contributed by atoms with Gasteiger partial charge in [-0.25, -0.2) is 20.1 Å². The Labute approximate surface area is 269 Å². The molecule has 2 amide bonds. The van der Waals surface area contributed by atoms with Crippen LogP contribution in [0.2, 0.25) is 0 Å². The molecule has 0 spiro atoms. The van der Waals surface area contributed by atoms with Crippen LogP contribution in [0.3, 0.4) is 0 Å². The highest BCUT2D eigenvalue weighted by Gasteiger charge is 2.35. The van der Waals surface area contributed by atoms with E-state index in [0.29, 0.717) is 41.9 Å². The molecule has 0 bridgehead atoms. The molecule has 1 saturated heterocycles. The first-order chi connectivity index (χ1) is 22.2. The quantitative estimate of drug-likeness (QED) is 0.197. The highest BCUT2D eigenvalue weighted by Crippen LogP contribution is 2.37.